The van der Waals surface area contributed by atoms with Crippen molar-refractivity contribution in [1.29, 1.82) is 0 Å². The molecule has 0 spiro atoms. The summed E-state index contributed by atoms with van der Waals surface area (Å²) in [7, 11) is 1.04. The molecule has 0 bridgehead atoms. The lowest BCUT2D eigenvalue weighted by Gasteiger charge is -2.23. The fraction of sp³-hybridized carbons (Fsp3) is 0.286. The zero-order chi connectivity index (χ0) is 23.7. The van der Waals surface area contributed by atoms with Crippen LogP contribution in [0.15, 0.2) is 66.7 Å². The molecule has 6 heteroatoms. The molecule has 1 fully saturated rings. The Bertz CT molecular complexity index is 1380. The van der Waals surface area contributed by atoms with Crippen LogP contribution in [0.4, 0.5) is 0 Å². The van der Waals surface area contributed by atoms with Crippen LogP contribution in [0.2, 0.25) is 0 Å². The lowest BCUT2D eigenvalue weighted by molar-refractivity contribution is -0.159. The molecule has 1 aliphatic rings. The number of carbonyl (C=O) groups is 2. The highest BCUT2D eigenvalue weighted by atomic mass is 32.2. The lowest BCUT2D eigenvalue weighted by atomic mass is 10.1. The molecule has 1 aromatic heterocycles. The Morgan fingerprint density at radius 1 is 0.912 bits per heavy atom. The van der Waals surface area contributed by atoms with Gasteiger partial charge >= 0.3 is 11.9 Å². The molecule has 0 amide bonds. The van der Waals surface area contributed by atoms with E-state index in [4.69, 9.17) is 14.2 Å². The molecule has 1 atom stereocenters. The number of rotatable bonds is 6. The van der Waals surface area contributed by atoms with E-state index < -0.39 is 0 Å². The second-order valence-corrected chi connectivity index (χ2v) is 10.9. The van der Waals surface area contributed by atoms with Crippen LogP contribution in [0.3, 0.4) is 0 Å². The summed E-state index contributed by atoms with van der Waals surface area (Å²) < 4.78 is 18.8. The fourth-order valence-corrected chi connectivity index (χ4v) is 7.16. The van der Waals surface area contributed by atoms with E-state index in [2.05, 4.69) is 18.2 Å². The minimum atomic E-state index is -0.357. The average molecular weight is 476 g/mol. The minimum absolute atomic E-state index is 0.109. The standard InChI is InChI=1S/C28H27O5S/c1-28(14-5-6-15-28)33-26(29)18-32-20-8-7-9-21(17-20)34-24-11-4-3-10-22(24)23-16-19(27(30)31-2)12-13-25(23)34/h3-4,7-13,16-17H,5-6,14-15,18H2,1-2H3/q+1. The number of hydrogen-bond donors (Lipinski definition) is 0. The zero-order valence-electron chi connectivity index (χ0n) is 19.3. The summed E-state index contributed by atoms with van der Waals surface area (Å²) in [6.45, 7) is 1.89. The van der Waals surface area contributed by atoms with Crippen LogP contribution in [0.1, 0.15) is 43.0 Å². The first-order valence-electron chi connectivity index (χ1n) is 11.5. The van der Waals surface area contributed by atoms with Crippen LogP contribution in [0, 0.1) is 0 Å². The van der Waals surface area contributed by atoms with Crippen molar-refractivity contribution in [3.05, 3.63) is 72.3 Å². The number of carbonyl (C=O) groups excluding carboxylic acids is 2. The Balaban J connectivity index is 1.46. The first kappa shape index (κ1) is 22.4. The second-order valence-electron chi connectivity index (χ2n) is 8.90. The van der Waals surface area contributed by atoms with E-state index in [9.17, 15) is 9.59 Å². The molecule has 4 aromatic rings. The summed E-state index contributed by atoms with van der Waals surface area (Å²) in [5, 5.41) is 2.16. The molecule has 34 heavy (non-hydrogen) atoms. The molecular weight excluding hydrogens is 448 g/mol. The van der Waals surface area contributed by atoms with E-state index in [-0.39, 0.29) is 34.6 Å². The largest absolute Gasteiger partial charge is 0.482 e. The summed E-state index contributed by atoms with van der Waals surface area (Å²) in [5.41, 5.74) is 0.178. The third-order valence-corrected chi connectivity index (χ3v) is 8.75. The Morgan fingerprint density at radius 3 is 2.47 bits per heavy atom. The van der Waals surface area contributed by atoms with Crippen LogP contribution in [-0.4, -0.2) is 31.3 Å². The molecule has 1 aliphatic carbocycles. The maximum Gasteiger partial charge on any atom is 0.344 e. The van der Waals surface area contributed by atoms with Crippen molar-refractivity contribution in [1.82, 2.24) is 0 Å². The van der Waals surface area contributed by atoms with Gasteiger partial charge in [-0.1, -0.05) is 18.2 Å². The Hall–Kier alpha value is -3.38. The van der Waals surface area contributed by atoms with Gasteiger partial charge in [0.1, 0.15) is 11.4 Å². The van der Waals surface area contributed by atoms with Gasteiger partial charge in [0.2, 0.25) is 0 Å². The molecule has 0 radical (unpaired) electrons. The highest BCUT2D eigenvalue weighted by Crippen LogP contribution is 2.49. The number of esters is 2. The number of ether oxygens (including phenoxy) is 3. The average Bonchev–Trinajstić information content (AvgIpc) is 3.43. The van der Waals surface area contributed by atoms with E-state index in [1.807, 2.05) is 55.5 Å². The number of fused-ring (bicyclic) bond motifs is 3. The fourth-order valence-electron chi connectivity index (χ4n) is 4.77. The topological polar surface area (TPSA) is 61.8 Å². The number of benzene rings is 3. The third kappa shape index (κ3) is 4.26. The van der Waals surface area contributed by atoms with Crippen molar-refractivity contribution in [2.45, 2.75) is 38.2 Å². The summed E-state index contributed by atoms with van der Waals surface area (Å²) in [5.74, 6) is -0.0411. The quantitative estimate of drug-likeness (QED) is 0.227. The van der Waals surface area contributed by atoms with E-state index in [1.54, 1.807) is 0 Å². The molecule has 1 heterocycles. The first-order valence-corrected chi connectivity index (χ1v) is 12.7. The molecule has 0 N–H and O–H groups in total. The van der Waals surface area contributed by atoms with Crippen molar-refractivity contribution in [2.24, 2.45) is 0 Å². The predicted molar refractivity (Wildman–Crippen MR) is 135 cm³/mol. The molecule has 174 valence electrons. The van der Waals surface area contributed by atoms with Gasteiger partial charge in [-0.3, -0.25) is 0 Å². The summed E-state index contributed by atoms with van der Waals surface area (Å²) in [6.07, 6.45) is 4.01. The highest BCUT2D eigenvalue weighted by Gasteiger charge is 2.32. The van der Waals surface area contributed by atoms with Crippen LogP contribution in [-0.2, 0) is 14.3 Å². The van der Waals surface area contributed by atoms with Crippen molar-refractivity contribution < 1.29 is 23.8 Å². The molecule has 5 rings (SSSR count). The minimum Gasteiger partial charge on any atom is -0.482 e. The highest BCUT2D eigenvalue weighted by molar-refractivity contribution is 7.50. The summed E-state index contributed by atoms with van der Waals surface area (Å²) in [4.78, 5) is 25.6. The maximum absolute atomic E-state index is 12.4. The van der Waals surface area contributed by atoms with E-state index in [1.165, 1.54) is 11.8 Å². The van der Waals surface area contributed by atoms with Crippen molar-refractivity contribution in [3.63, 3.8) is 0 Å². The molecule has 1 saturated carbocycles. The second kappa shape index (κ2) is 9.11. The zero-order valence-corrected chi connectivity index (χ0v) is 20.2. The van der Waals surface area contributed by atoms with Gasteiger partial charge in [0.15, 0.2) is 20.9 Å². The Labute approximate surface area is 201 Å². The molecule has 5 nitrogen and oxygen atoms in total. The number of hydrogen-bond acceptors (Lipinski definition) is 5. The molecule has 0 aliphatic heterocycles. The van der Waals surface area contributed by atoms with E-state index in [0.717, 1.165) is 46.1 Å². The number of methoxy groups -OCH3 is 1. The smallest absolute Gasteiger partial charge is 0.344 e. The normalized spacial score (nSPS) is 15.4. The van der Waals surface area contributed by atoms with Gasteiger partial charge in [-0.2, -0.15) is 0 Å². The predicted octanol–water partition coefficient (Wildman–Crippen LogP) is 6.77. The van der Waals surface area contributed by atoms with Crippen LogP contribution in [0.5, 0.6) is 5.75 Å². The Morgan fingerprint density at radius 2 is 1.68 bits per heavy atom. The van der Waals surface area contributed by atoms with Crippen LogP contribution in [0.25, 0.3) is 25.1 Å². The third-order valence-electron chi connectivity index (χ3n) is 6.44. The Kier molecular flexibility index (Phi) is 6.00. The SMILES string of the molecule is COC(=O)c1ccc2c(c1)c1ccccc1[s+]2-c1cccc(OCC(=O)OC2(C)CCCC2)c1. The van der Waals surface area contributed by atoms with Crippen molar-refractivity contribution >= 4 is 42.6 Å². The van der Waals surface area contributed by atoms with Gasteiger partial charge in [-0.05, 0) is 75.1 Å². The monoisotopic (exact) mass is 475 g/mol. The lowest BCUT2D eigenvalue weighted by Crippen LogP contribution is -2.30. The molecule has 0 saturated heterocycles. The van der Waals surface area contributed by atoms with E-state index >= 15 is 0 Å². The van der Waals surface area contributed by atoms with Gasteiger partial charge in [0.05, 0.1) is 12.7 Å². The first-order chi connectivity index (χ1) is 16.5. The number of thiophene rings is 1. The van der Waals surface area contributed by atoms with Crippen LogP contribution < -0.4 is 4.74 Å². The van der Waals surface area contributed by atoms with Crippen molar-refractivity contribution in [2.75, 3.05) is 13.7 Å². The molecule has 1 unspecified atom stereocenters. The van der Waals surface area contributed by atoms with Gasteiger partial charge in [-0.25, -0.2) is 9.59 Å². The molecular formula is C28H27O5S+. The van der Waals surface area contributed by atoms with Gasteiger partial charge in [0.25, 0.3) is 0 Å². The van der Waals surface area contributed by atoms with Crippen LogP contribution >= 0.6 is 10.5 Å². The van der Waals surface area contributed by atoms with Gasteiger partial charge in [-0.15, -0.1) is 0 Å². The van der Waals surface area contributed by atoms with Gasteiger partial charge in [0, 0.05) is 27.3 Å². The summed E-state index contributed by atoms with van der Waals surface area (Å²) >= 11 is 0. The van der Waals surface area contributed by atoms with Crippen molar-refractivity contribution in [3.8, 4) is 10.6 Å². The maximum atomic E-state index is 12.4. The van der Waals surface area contributed by atoms with E-state index in [0.29, 0.717) is 11.3 Å². The molecule has 3 aromatic carbocycles. The summed E-state index contributed by atoms with van der Waals surface area (Å²) in [6, 6.07) is 21.9. The van der Waals surface area contributed by atoms with Gasteiger partial charge < -0.3 is 14.2 Å².